The Hall–Kier alpha value is -1.36. The molecule has 1 amide bonds. The third-order valence-electron chi connectivity index (χ3n) is 2.55. The number of nitrogens with zero attached hydrogens (tertiary/aromatic N) is 2. The molecule has 5 nitrogen and oxygen atoms in total. The van der Waals surface area contributed by atoms with Crippen LogP contribution in [0.5, 0.6) is 0 Å². The highest BCUT2D eigenvalue weighted by Crippen LogP contribution is 2.18. The summed E-state index contributed by atoms with van der Waals surface area (Å²) >= 11 is 0. The average Bonchev–Trinajstić information content (AvgIpc) is 2.95. The molecule has 0 aliphatic heterocycles. The minimum atomic E-state index is 0.149. The van der Waals surface area contributed by atoms with Crippen LogP contribution in [0.25, 0.3) is 0 Å². The predicted molar refractivity (Wildman–Crippen MR) is 60.7 cm³/mol. The number of hydrogen-bond acceptors (Lipinski definition) is 3. The molecule has 5 heteroatoms. The van der Waals surface area contributed by atoms with E-state index in [-0.39, 0.29) is 5.91 Å². The van der Waals surface area contributed by atoms with E-state index in [1.54, 1.807) is 4.68 Å². The third-order valence-corrected chi connectivity index (χ3v) is 2.55. The number of nitrogens with one attached hydrogen (secondary N) is 2. The standard InChI is InChI=1S/C11H18N4O/c1-15-7-5-10(14-15)8-12-6-4-11(16)13-9-2-3-9/h5,7,9,12H,2-4,6,8H2,1H3,(H,13,16). The van der Waals surface area contributed by atoms with Crippen LogP contribution < -0.4 is 10.6 Å². The van der Waals surface area contributed by atoms with Gasteiger partial charge in [0.15, 0.2) is 0 Å². The van der Waals surface area contributed by atoms with E-state index < -0.39 is 0 Å². The number of aromatic nitrogens is 2. The Morgan fingerprint density at radius 1 is 1.62 bits per heavy atom. The molecule has 1 aromatic rings. The molecule has 1 heterocycles. The molecule has 0 unspecified atom stereocenters. The molecule has 0 radical (unpaired) electrons. The smallest absolute Gasteiger partial charge is 0.221 e. The van der Waals surface area contributed by atoms with Gasteiger partial charge in [0.1, 0.15) is 0 Å². The average molecular weight is 222 g/mol. The van der Waals surface area contributed by atoms with E-state index in [1.165, 1.54) is 0 Å². The third kappa shape index (κ3) is 3.66. The second kappa shape index (κ2) is 5.12. The molecule has 16 heavy (non-hydrogen) atoms. The summed E-state index contributed by atoms with van der Waals surface area (Å²) in [4.78, 5) is 11.3. The van der Waals surface area contributed by atoms with Crippen LogP contribution >= 0.6 is 0 Å². The van der Waals surface area contributed by atoms with Crippen LogP contribution in [-0.2, 0) is 18.4 Å². The molecule has 0 aromatic carbocycles. The Kier molecular flexibility index (Phi) is 3.56. The van der Waals surface area contributed by atoms with Gasteiger partial charge in [-0.3, -0.25) is 9.48 Å². The van der Waals surface area contributed by atoms with Gasteiger partial charge in [0.25, 0.3) is 0 Å². The monoisotopic (exact) mass is 222 g/mol. The molecule has 0 saturated heterocycles. The summed E-state index contributed by atoms with van der Waals surface area (Å²) < 4.78 is 1.77. The topological polar surface area (TPSA) is 59.0 Å². The summed E-state index contributed by atoms with van der Waals surface area (Å²) in [6.45, 7) is 1.42. The molecular formula is C11H18N4O. The van der Waals surface area contributed by atoms with Gasteiger partial charge in [-0.1, -0.05) is 0 Å². The molecule has 1 fully saturated rings. The zero-order valence-electron chi connectivity index (χ0n) is 9.57. The highest BCUT2D eigenvalue weighted by atomic mass is 16.1. The maximum atomic E-state index is 11.3. The van der Waals surface area contributed by atoms with Gasteiger partial charge in [0.05, 0.1) is 5.69 Å². The number of aryl methyl sites for hydroxylation is 1. The molecule has 0 atom stereocenters. The highest BCUT2D eigenvalue weighted by molar-refractivity contribution is 5.76. The number of carbonyl (C=O) groups is 1. The largest absolute Gasteiger partial charge is 0.353 e. The lowest BCUT2D eigenvalue weighted by atomic mass is 10.3. The summed E-state index contributed by atoms with van der Waals surface area (Å²) in [5, 5.41) is 10.4. The van der Waals surface area contributed by atoms with Crippen LogP contribution in [0.1, 0.15) is 25.0 Å². The van der Waals surface area contributed by atoms with Crippen molar-refractivity contribution in [3.05, 3.63) is 18.0 Å². The normalized spacial score (nSPS) is 15.1. The minimum Gasteiger partial charge on any atom is -0.353 e. The van der Waals surface area contributed by atoms with E-state index in [1.807, 2.05) is 19.3 Å². The van der Waals surface area contributed by atoms with Crippen molar-refractivity contribution < 1.29 is 4.79 Å². The molecule has 1 saturated carbocycles. The van der Waals surface area contributed by atoms with Gasteiger partial charge in [0.2, 0.25) is 5.91 Å². The van der Waals surface area contributed by atoms with Crippen LogP contribution in [0.15, 0.2) is 12.3 Å². The zero-order chi connectivity index (χ0) is 11.4. The van der Waals surface area contributed by atoms with Gasteiger partial charge in [-0.15, -0.1) is 0 Å². The summed E-state index contributed by atoms with van der Waals surface area (Å²) in [5.74, 6) is 0.149. The van der Waals surface area contributed by atoms with Crippen LogP contribution in [0.2, 0.25) is 0 Å². The van der Waals surface area contributed by atoms with Gasteiger partial charge in [0, 0.05) is 38.8 Å². The Morgan fingerprint density at radius 3 is 3.06 bits per heavy atom. The molecule has 0 bridgehead atoms. The summed E-state index contributed by atoms with van der Waals surface area (Å²) in [7, 11) is 1.90. The van der Waals surface area contributed by atoms with Gasteiger partial charge in [-0.25, -0.2) is 0 Å². The van der Waals surface area contributed by atoms with Crippen LogP contribution in [0.4, 0.5) is 0 Å². The lowest BCUT2D eigenvalue weighted by molar-refractivity contribution is -0.121. The number of hydrogen-bond donors (Lipinski definition) is 2. The quantitative estimate of drug-likeness (QED) is 0.675. The zero-order valence-corrected chi connectivity index (χ0v) is 9.57. The van der Waals surface area contributed by atoms with Crippen molar-refractivity contribution in [1.29, 1.82) is 0 Å². The van der Waals surface area contributed by atoms with Crippen molar-refractivity contribution in [1.82, 2.24) is 20.4 Å². The van der Waals surface area contributed by atoms with Crippen molar-refractivity contribution in [2.75, 3.05) is 6.54 Å². The first-order valence-electron chi connectivity index (χ1n) is 5.72. The first-order chi connectivity index (χ1) is 7.74. The molecule has 88 valence electrons. The summed E-state index contributed by atoms with van der Waals surface area (Å²) in [5.41, 5.74) is 1.00. The molecule has 1 aromatic heterocycles. The van der Waals surface area contributed by atoms with Crippen LogP contribution in [-0.4, -0.2) is 28.3 Å². The fourth-order valence-electron chi connectivity index (χ4n) is 1.50. The summed E-state index contributed by atoms with van der Waals surface area (Å²) in [6, 6.07) is 2.43. The SMILES string of the molecule is Cn1ccc(CNCCC(=O)NC2CC2)n1. The predicted octanol–water partition coefficient (Wildman–Crippen LogP) is 0.178. The highest BCUT2D eigenvalue weighted by Gasteiger charge is 2.22. The molecule has 1 aliphatic rings. The van der Waals surface area contributed by atoms with E-state index in [2.05, 4.69) is 15.7 Å². The van der Waals surface area contributed by atoms with Gasteiger partial charge >= 0.3 is 0 Å². The number of carbonyl (C=O) groups excluding carboxylic acids is 1. The van der Waals surface area contributed by atoms with E-state index in [0.29, 0.717) is 19.0 Å². The fraction of sp³-hybridized carbons (Fsp3) is 0.636. The molecule has 0 spiro atoms. The Labute approximate surface area is 95.2 Å². The van der Waals surface area contributed by atoms with E-state index in [0.717, 1.165) is 25.1 Å². The van der Waals surface area contributed by atoms with Crippen LogP contribution in [0, 0.1) is 0 Å². The second-order valence-electron chi connectivity index (χ2n) is 4.25. The molecule has 2 rings (SSSR count). The summed E-state index contributed by atoms with van der Waals surface area (Å²) in [6.07, 6.45) is 4.75. The van der Waals surface area contributed by atoms with Gasteiger partial charge in [-0.05, 0) is 18.9 Å². The van der Waals surface area contributed by atoms with Gasteiger partial charge in [-0.2, -0.15) is 5.10 Å². The first-order valence-corrected chi connectivity index (χ1v) is 5.72. The van der Waals surface area contributed by atoms with Crippen LogP contribution in [0.3, 0.4) is 0 Å². The molecular weight excluding hydrogens is 204 g/mol. The maximum absolute atomic E-state index is 11.3. The van der Waals surface area contributed by atoms with Gasteiger partial charge < -0.3 is 10.6 Å². The lowest BCUT2D eigenvalue weighted by Gasteiger charge is -2.03. The maximum Gasteiger partial charge on any atom is 0.221 e. The fourth-order valence-corrected chi connectivity index (χ4v) is 1.50. The number of rotatable bonds is 6. The van der Waals surface area contributed by atoms with E-state index in [4.69, 9.17) is 0 Å². The Balaban J connectivity index is 1.55. The van der Waals surface area contributed by atoms with Crippen molar-refractivity contribution in [2.45, 2.75) is 31.8 Å². The lowest BCUT2D eigenvalue weighted by Crippen LogP contribution is -2.29. The van der Waals surface area contributed by atoms with Crippen molar-refractivity contribution in [3.8, 4) is 0 Å². The second-order valence-corrected chi connectivity index (χ2v) is 4.25. The molecule has 1 aliphatic carbocycles. The first kappa shape index (κ1) is 11.1. The van der Waals surface area contributed by atoms with Crippen molar-refractivity contribution in [2.24, 2.45) is 7.05 Å². The molecule has 2 N–H and O–H groups in total. The van der Waals surface area contributed by atoms with E-state index >= 15 is 0 Å². The number of amides is 1. The van der Waals surface area contributed by atoms with Crippen molar-refractivity contribution in [3.63, 3.8) is 0 Å². The van der Waals surface area contributed by atoms with Crippen molar-refractivity contribution >= 4 is 5.91 Å². The minimum absolute atomic E-state index is 0.149. The van der Waals surface area contributed by atoms with E-state index in [9.17, 15) is 4.79 Å². The Bertz CT molecular complexity index is 357. The Morgan fingerprint density at radius 2 is 2.44 bits per heavy atom.